The summed E-state index contributed by atoms with van der Waals surface area (Å²) in [6.07, 6.45) is 1.92. The lowest BCUT2D eigenvalue weighted by molar-refractivity contribution is -0.140. The van der Waals surface area contributed by atoms with Crippen LogP contribution < -0.4 is 0 Å². The van der Waals surface area contributed by atoms with Gasteiger partial charge in [-0.2, -0.15) is 0 Å². The molecule has 4 nitrogen and oxygen atoms in total. The molecule has 1 fully saturated rings. The van der Waals surface area contributed by atoms with E-state index < -0.39 is 0 Å². The number of hydrogen-bond donors (Lipinski definition) is 0. The van der Waals surface area contributed by atoms with E-state index >= 15 is 0 Å². The van der Waals surface area contributed by atoms with Gasteiger partial charge in [-0.05, 0) is 26.0 Å². The summed E-state index contributed by atoms with van der Waals surface area (Å²) in [6, 6.07) is 3.79. The third kappa shape index (κ3) is 3.78. The Balaban J connectivity index is 1.74. The van der Waals surface area contributed by atoms with Crippen molar-refractivity contribution in [1.82, 2.24) is 4.90 Å². The summed E-state index contributed by atoms with van der Waals surface area (Å²) in [6.45, 7) is 5.41. The first kappa shape index (κ1) is 13.5. The largest absolute Gasteiger partial charge is 0.468 e. The predicted octanol–water partition coefficient (Wildman–Crippen LogP) is 2.15. The van der Waals surface area contributed by atoms with Crippen molar-refractivity contribution in [3.63, 3.8) is 0 Å². The zero-order valence-electron chi connectivity index (χ0n) is 10.8. The number of hydrogen-bond acceptors (Lipinski definition) is 4. The van der Waals surface area contributed by atoms with Gasteiger partial charge in [0.2, 0.25) is 5.91 Å². The molecular weight excluding hydrogens is 250 g/mol. The molecule has 1 aliphatic rings. The third-order valence-electron chi connectivity index (χ3n) is 2.82. The lowest BCUT2D eigenvalue weighted by Crippen LogP contribution is -2.48. The lowest BCUT2D eigenvalue weighted by atomic mass is 10.2. The van der Waals surface area contributed by atoms with E-state index in [-0.39, 0.29) is 18.1 Å². The van der Waals surface area contributed by atoms with Crippen LogP contribution in [0.4, 0.5) is 0 Å². The van der Waals surface area contributed by atoms with Crippen molar-refractivity contribution < 1.29 is 13.9 Å². The van der Waals surface area contributed by atoms with Crippen LogP contribution >= 0.6 is 11.8 Å². The quantitative estimate of drug-likeness (QED) is 0.840. The Kier molecular flexibility index (Phi) is 4.72. The predicted molar refractivity (Wildman–Crippen MR) is 71.5 cm³/mol. The number of thioether (sulfide) groups is 1. The molecule has 0 aliphatic carbocycles. The van der Waals surface area contributed by atoms with E-state index in [1.165, 1.54) is 0 Å². The van der Waals surface area contributed by atoms with Crippen LogP contribution in [0.5, 0.6) is 0 Å². The van der Waals surface area contributed by atoms with E-state index in [4.69, 9.17) is 9.15 Å². The van der Waals surface area contributed by atoms with Crippen molar-refractivity contribution >= 4 is 17.7 Å². The highest BCUT2D eigenvalue weighted by Gasteiger charge is 2.25. The van der Waals surface area contributed by atoms with Crippen LogP contribution in [-0.4, -0.2) is 41.9 Å². The van der Waals surface area contributed by atoms with Crippen LogP contribution in [0.1, 0.15) is 19.6 Å². The molecule has 0 N–H and O–H groups in total. The van der Waals surface area contributed by atoms with Crippen molar-refractivity contribution in [2.45, 2.75) is 31.8 Å². The van der Waals surface area contributed by atoms with Gasteiger partial charge in [-0.25, -0.2) is 0 Å². The molecule has 2 atom stereocenters. The first-order chi connectivity index (χ1) is 8.65. The third-order valence-corrected chi connectivity index (χ3v) is 3.76. The molecule has 2 rings (SSSR count). The number of carbonyl (C=O) groups excluding carboxylic acids is 1. The Morgan fingerprint density at radius 3 is 2.78 bits per heavy atom. The molecule has 1 saturated heterocycles. The highest BCUT2D eigenvalue weighted by molar-refractivity contribution is 7.99. The van der Waals surface area contributed by atoms with E-state index in [9.17, 15) is 4.79 Å². The summed E-state index contributed by atoms with van der Waals surface area (Å²) in [4.78, 5) is 13.9. The standard InChI is InChI=1S/C13H19NO3S/c1-10-6-14(7-11(2)17-10)13(15)9-18-8-12-4-3-5-16-12/h3-5,10-11H,6-9H2,1-2H3/t10-,11-/m0/s1. The Labute approximate surface area is 112 Å². The highest BCUT2D eigenvalue weighted by Crippen LogP contribution is 2.15. The summed E-state index contributed by atoms with van der Waals surface area (Å²) in [7, 11) is 0. The molecule has 0 saturated carbocycles. The summed E-state index contributed by atoms with van der Waals surface area (Å²) < 4.78 is 10.8. The number of amides is 1. The molecule has 1 aromatic heterocycles. The van der Waals surface area contributed by atoms with Crippen molar-refractivity contribution in [3.8, 4) is 0 Å². The molecule has 1 aliphatic heterocycles. The first-order valence-electron chi connectivity index (χ1n) is 6.18. The van der Waals surface area contributed by atoms with Gasteiger partial charge in [-0.15, -0.1) is 11.8 Å². The summed E-state index contributed by atoms with van der Waals surface area (Å²) in [5.74, 6) is 2.35. The first-order valence-corrected chi connectivity index (χ1v) is 7.34. The Morgan fingerprint density at radius 1 is 1.44 bits per heavy atom. The summed E-state index contributed by atoms with van der Waals surface area (Å²) in [5, 5.41) is 0. The van der Waals surface area contributed by atoms with Crippen molar-refractivity contribution in [3.05, 3.63) is 24.2 Å². The maximum atomic E-state index is 12.0. The fourth-order valence-electron chi connectivity index (χ4n) is 2.11. The molecule has 0 unspecified atom stereocenters. The molecular formula is C13H19NO3S. The number of morpholine rings is 1. The number of nitrogens with zero attached hydrogens (tertiary/aromatic N) is 1. The lowest BCUT2D eigenvalue weighted by Gasteiger charge is -2.35. The minimum Gasteiger partial charge on any atom is -0.468 e. The fraction of sp³-hybridized carbons (Fsp3) is 0.615. The number of rotatable bonds is 4. The van der Waals surface area contributed by atoms with Gasteiger partial charge in [0.25, 0.3) is 0 Å². The molecule has 100 valence electrons. The summed E-state index contributed by atoms with van der Waals surface area (Å²) >= 11 is 1.59. The Morgan fingerprint density at radius 2 is 2.17 bits per heavy atom. The number of carbonyl (C=O) groups is 1. The van der Waals surface area contributed by atoms with Gasteiger partial charge < -0.3 is 14.1 Å². The summed E-state index contributed by atoms with van der Waals surface area (Å²) in [5.41, 5.74) is 0. The molecule has 0 bridgehead atoms. The average molecular weight is 269 g/mol. The maximum absolute atomic E-state index is 12.0. The van der Waals surface area contributed by atoms with Crippen molar-refractivity contribution in [2.75, 3.05) is 18.8 Å². The van der Waals surface area contributed by atoms with E-state index in [1.807, 2.05) is 30.9 Å². The van der Waals surface area contributed by atoms with Gasteiger partial charge in [-0.3, -0.25) is 4.79 Å². The Bertz CT molecular complexity index is 370. The normalized spacial score (nSPS) is 24.2. The smallest absolute Gasteiger partial charge is 0.232 e. The van der Waals surface area contributed by atoms with Crippen LogP contribution in [0.15, 0.2) is 22.8 Å². The minimum absolute atomic E-state index is 0.132. The van der Waals surface area contributed by atoms with Crippen LogP contribution in [0.2, 0.25) is 0 Å². The maximum Gasteiger partial charge on any atom is 0.232 e. The molecule has 2 heterocycles. The van der Waals surface area contributed by atoms with Crippen molar-refractivity contribution in [1.29, 1.82) is 0 Å². The second-order valence-electron chi connectivity index (χ2n) is 4.63. The van der Waals surface area contributed by atoms with Gasteiger partial charge in [0.15, 0.2) is 0 Å². The van der Waals surface area contributed by atoms with E-state index in [2.05, 4.69) is 0 Å². The molecule has 1 aromatic rings. The minimum atomic E-state index is 0.132. The fourth-order valence-corrected chi connectivity index (χ4v) is 2.93. The van der Waals surface area contributed by atoms with Crippen LogP contribution in [-0.2, 0) is 15.3 Å². The monoisotopic (exact) mass is 269 g/mol. The second-order valence-corrected chi connectivity index (χ2v) is 5.61. The topological polar surface area (TPSA) is 42.7 Å². The van der Waals surface area contributed by atoms with Gasteiger partial charge in [0, 0.05) is 13.1 Å². The number of furan rings is 1. The molecule has 0 aromatic carbocycles. The van der Waals surface area contributed by atoms with Crippen molar-refractivity contribution in [2.24, 2.45) is 0 Å². The number of ether oxygens (including phenoxy) is 1. The SMILES string of the molecule is C[C@H]1CN(C(=O)CSCc2ccco2)C[C@H](C)O1. The molecule has 1 amide bonds. The van der Waals surface area contributed by atoms with E-state index in [1.54, 1.807) is 18.0 Å². The van der Waals surface area contributed by atoms with Gasteiger partial charge in [0.1, 0.15) is 5.76 Å². The van der Waals surface area contributed by atoms with Gasteiger partial charge in [-0.1, -0.05) is 0 Å². The second kappa shape index (κ2) is 6.29. The highest BCUT2D eigenvalue weighted by atomic mass is 32.2. The molecule has 18 heavy (non-hydrogen) atoms. The van der Waals surface area contributed by atoms with E-state index in [0.717, 1.165) is 11.5 Å². The Hall–Kier alpha value is -0.940. The molecule has 5 heteroatoms. The zero-order chi connectivity index (χ0) is 13.0. The average Bonchev–Trinajstić information content (AvgIpc) is 2.80. The molecule has 0 spiro atoms. The van der Waals surface area contributed by atoms with Gasteiger partial charge >= 0.3 is 0 Å². The molecule has 0 radical (unpaired) electrons. The van der Waals surface area contributed by atoms with Crippen LogP contribution in [0, 0.1) is 0 Å². The van der Waals surface area contributed by atoms with E-state index in [0.29, 0.717) is 18.8 Å². The zero-order valence-corrected chi connectivity index (χ0v) is 11.6. The van der Waals surface area contributed by atoms with Crippen LogP contribution in [0.25, 0.3) is 0 Å². The van der Waals surface area contributed by atoms with Gasteiger partial charge in [0.05, 0.1) is 30.0 Å². The van der Waals surface area contributed by atoms with Crippen LogP contribution in [0.3, 0.4) is 0 Å².